The maximum Gasteiger partial charge on any atom is 0.270 e. The predicted molar refractivity (Wildman–Crippen MR) is 85.6 cm³/mol. The highest BCUT2D eigenvalue weighted by molar-refractivity contribution is 7.88. The van der Waals surface area contributed by atoms with E-state index < -0.39 is 10.0 Å². The van der Waals surface area contributed by atoms with E-state index in [0.717, 1.165) is 19.1 Å². The Hall–Kier alpha value is -1.38. The van der Waals surface area contributed by atoms with Crippen molar-refractivity contribution in [3.05, 3.63) is 24.0 Å². The predicted octanol–water partition coefficient (Wildman–Crippen LogP) is 0.196. The number of amides is 1. The van der Waals surface area contributed by atoms with Crippen LogP contribution in [0.25, 0.3) is 0 Å². The van der Waals surface area contributed by atoms with E-state index in [1.807, 2.05) is 29.9 Å². The molecule has 2 aliphatic heterocycles. The van der Waals surface area contributed by atoms with Crippen LogP contribution in [0.5, 0.6) is 0 Å². The van der Waals surface area contributed by atoms with Gasteiger partial charge in [-0.25, -0.2) is 13.1 Å². The molecule has 2 fully saturated rings. The lowest BCUT2D eigenvalue weighted by atomic mass is 9.79. The molecule has 0 radical (unpaired) electrons. The van der Waals surface area contributed by atoms with E-state index in [4.69, 9.17) is 4.74 Å². The second-order valence-electron chi connectivity index (χ2n) is 6.52. The summed E-state index contributed by atoms with van der Waals surface area (Å²) >= 11 is 0. The van der Waals surface area contributed by atoms with Crippen molar-refractivity contribution in [3.63, 3.8) is 0 Å². The van der Waals surface area contributed by atoms with Crippen molar-refractivity contribution >= 4 is 15.9 Å². The van der Waals surface area contributed by atoms with Crippen LogP contribution in [0.4, 0.5) is 0 Å². The van der Waals surface area contributed by atoms with E-state index in [1.165, 1.54) is 0 Å². The Morgan fingerprint density at radius 3 is 2.83 bits per heavy atom. The van der Waals surface area contributed by atoms with Crippen LogP contribution in [0.1, 0.15) is 23.3 Å². The Morgan fingerprint density at radius 1 is 1.48 bits per heavy atom. The number of hydrogen-bond acceptors (Lipinski definition) is 4. The molecule has 128 valence electrons. The molecule has 23 heavy (non-hydrogen) atoms. The van der Waals surface area contributed by atoms with Gasteiger partial charge in [0.1, 0.15) is 11.3 Å². The summed E-state index contributed by atoms with van der Waals surface area (Å²) in [5, 5.41) is 0. The fourth-order valence-electron chi connectivity index (χ4n) is 3.55. The van der Waals surface area contributed by atoms with E-state index in [9.17, 15) is 13.2 Å². The molecule has 8 heteroatoms. The molecule has 1 aromatic rings. The zero-order chi connectivity index (χ0) is 16.7. The van der Waals surface area contributed by atoms with Crippen molar-refractivity contribution < 1.29 is 17.9 Å². The lowest BCUT2D eigenvalue weighted by Gasteiger charge is -2.50. The topological polar surface area (TPSA) is 80.6 Å². The van der Waals surface area contributed by atoms with Gasteiger partial charge in [-0.3, -0.25) is 4.79 Å². The van der Waals surface area contributed by atoms with Crippen molar-refractivity contribution in [3.8, 4) is 0 Å². The summed E-state index contributed by atoms with van der Waals surface area (Å²) in [6, 6.07) is 3.67. The van der Waals surface area contributed by atoms with Gasteiger partial charge in [-0.05, 0) is 30.9 Å². The Balaban J connectivity index is 1.57. The standard InChI is InChI=1S/C15H23N3O4S/c1-17-8-3-4-13(17)14(19)18-10-15(11-18)12(6-9-22-15)5-7-16-23(2,20)21/h3-4,8,12,16H,5-7,9-11H2,1-2H3. The Kier molecular flexibility index (Phi) is 4.24. The first-order valence-electron chi connectivity index (χ1n) is 7.80. The first-order valence-corrected chi connectivity index (χ1v) is 9.69. The van der Waals surface area contributed by atoms with E-state index >= 15 is 0 Å². The molecule has 2 aliphatic rings. The van der Waals surface area contributed by atoms with E-state index in [-0.39, 0.29) is 17.4 Å². The number of hydrogen-bond donors (Lipinski definition) is 1. The number of carbonyl (C=O) groups is 1. The van der Waals surface area contributed by atoms with Crippen LogP contribution >= 0.6 is 0 Å². The van der Waals surface area contributed by atoms with Gasteiger partial charge >= 0.3 is 0 Å². The van der Waals surface area contributed by atoms with Crippen LogP contribution in [0, 0.1) is 5.92 Å². The molecule has 3 heterocycles. The largest absolute Gasteiger partial charge is 0.371 e. The molecule has 0 aliphatic carbocycles. The smallest absolute Gasteiger partial charge is 0.270 e. The molecule has 2 saturated heterocycles. The summed E-state index contributed by atoms with van der Waals surface area (Å²) in [7, 11) is -1.30. The van der Waals surface area contributed by atoms with E-state index in [2.05, 4.69) is 4.72 Å². The number of carbonyl (C=O) groups excluding carboxylic acids is 1. The van der Waals surface area contributed by atoms with Gasteiger partial charge in [0.05, 0.1) is 19.3 Å². The maximum absolute atomic E-state index is 12.5. The third-order valence-electron chi connectivity index (χ3n) is 4.82. The van der Waals surface area contributed by atoms with Crippen LogP contribution in [0.2, 0.25) is 0 Å². The van der Waals surface area contributed by atoms with Crippen LogP contribution in [0.3, 0.4) is 0 Å². The summed E-state index contributed by atoms with van der Waals surface area (Å²) in [4.78, 5) is 14.3. The van der Waals surface area contributed by atoms with Gasteiger partial charge in [0.15, 0.2) is 0 Å². The second-order valence-corrected chi connectivity index (χ2v) is 8.35. The number of ether oxygens (including phenoxy) is 1. The first kappa shape index (κ1) is 16.5. The zero-order valence-corrected chi connectivity index (χ0v) is 14.3. The SMILES string of the molecule is Cn1cccc1C(=O)N1CC2(C1)OCCC2CCNS(C)(=O)=O. The molecule has 1 aromatic heterocycles. The van der Waals surface area contributed by atoms with Gasteiger partial charge in [-0.2, -0.15) is 0 Å². The van der Waals surface area contributed by atoms with Gasteiger partial charge in [0, 0.05) is 26.4 Å². The molecule has 3 rings (SSSR count). The lowest BCUT2D eigenvalue weighted by molar-refractivity contribution is -0.118. The molecule has 1 N–H and O–H groups in total. The van der Waals surface area contributed by atoms with Crippen LogP contribution in [-0.2, 0) is 21.8 Å². The number of rotatable bonds is 5. The molecular weight excluding hydrogens is 318 g/mol. The highest BCUT2D eigenvalue weighted by Gasteiger charge is 2.54. The normalized spacial score (nSPS) is 23.2. The fraction of sp³-hybridized carbons (Fsp3) is 0.667. The number of likely N-dealkylation sites (tertiary alicyclic amines) is 1. The van der Waals surface area contributed by atoms with Crippen LogP contribution in [0.15, 0.2) is 18.3 Å². The molecule has 1 spiro atoms. The molecular formula is C15H23N3O4S. The molecule has 7 nitrogen and oxygen atoms in total. The number of nitrogens with one attached hydrogen (secondary N) is 1. The average molecular weight is 341 g/mol. The van der Waals surface area contributed by atoms with Crippen molar-refractivity contribution in [2.24, 2.45) is 13.0 Å². The molecule has 1 unspecified atom stereocenters. The highest BCUT2D eigenvalue weighted by atomic mass is 32.2. The van der Waals surface area contributed by atoms with Crippen molar-refractivity contribution in [2.75, 3.05) is 32.5 Å². The summed E-state index contributed by atoms with van der Waals surface area (Å²) in [5.74, 6) is 0.306. The van der Waals surface area contributed by atoms with Gasteiger partial charge in [-0.15, -0.1) is 0 Å². The van der Waals surface area contributed by atoms with E-state index in [1.54, 1.807) is 4.90 Å². The highest BCUT2D eigenvalue weighted by Crippen LogP contribution is 2.42. The number of aromatic nitrogens is 1. The van der Waals surface area contributed by atoms with Crippen LogP contribution < -0.4 is 4.72 Å². The minimum absolute atomic E-state index is 0.0200. The molecule has 1 amide bonds. The minimum atomic E-state index is -3.16. The van der Waals surface area contributed by atoms with Crippen molar-refractivity contribution in [1.29, 1.82) is 0 Å². The molecule has 0 saturated carbocycles. The monoisotopic (exact) mass is 341 g/mol. The summed E-state index contributed by atoms with van der Waals surface area (Å²) in [5.41, 5.74) is 0.383. The number of nitrogens with zero attached hydrogens (tertiary/aromatic N) is 2. The molecule has 0 bridgehead atoms. The summed E-state index contributed by atoms with van der Waals surface area (Å²) in [6.07, 6.45) is 4.67. The molecule has 0 aromatic carbocycles. The average Bonchev–Trinajstić information content (AvgIpc) is 3.01. The number of sulfonamides is 1. The number of aryl methyl sites for hydroxylation is 1. The summed E-state index contributed by atoms with van der Waals surface area (Å²) in [6.45, 7) is 2.26. The second kappa shape index (κ2) is 5.92. The third-order valence-corrected chi connectivity index (χ3v) is 5.55. The zero-order valence-electron chi connectivity index (χ0n) is 13.5. The Morgan fingerprint density at radius 2 is 2.22 bits per heavy atom. The van der Waals surface area contributed by atoms with Crippen molar-refractivity contribution in [2.45, 2.75) is 18.4 Å². The lowest BCUT2D eigenvalue weighted by Crippen LogP contribution is -2.66. The third kappa shape index (κ3) is 3.29. The Bertz CT molecular complexity index is 691. The van der Waals surface area contributed by atoms with E-state index in [0.29, 0.717) is 31.9 Å². The maximum atomic E-state index is 12.5. The summed E-state index contributed by atoms with van der Waals surface area (Å²) < 4.78 is 32.6. The van der Waals surface area contributed by atoms with Gasteiger partial charge < -0.3 is 14.2 Å². The van der Waals surface area contributed by atoms with Crippen LogP contribution in [-0.4, -0.2) is 61.9 Å². The van der Waals surface area contributed by atoms with Gasteiger partial charge in [0.2, 0.25) is 10.0 Å². The van der Waals surface area contributed by atoms with Gasteiger partial charge in [-0.1, -0.05) is 0 Å². The van der Waals surface area contributed by atoms with Crippen molar-refractivity contribution in [1.82, 2.24) is 14.2 Å². The quantitative estimate of drug-likeness (QED) is 0.829. The van der Waals surface area contributed by atoms with Gasteiger partial charge in [0.25, 0.3) is 5.91 Å². The minimum Gasteiger partial charge on any atom is -0.371 e. The molecule has 1 atom stereocenters. The first-order chi connectivity index (χ1) is 10.8. The Labute approximate surface area is 136 Å². The fourth-order valence-corrected chi connectivity index (χ4v) is 4.04.